The Labute approximate surface area is 220 Å². The molecule has 2 heterocycles. The van der Waals surface area contributed by atoms with Gasteiger partial charge in [-0.1, -0.05) is 32.0 Å². The second kappa shape index (κ2) is 8.45. The van der Waals surface area contributed by atoms with Gasteiger partial charge in [-0.2, -0.15) is 17.5 Å². The van der Waals surface area contributed by atoms with Crippen LogP contribution in [0.15, 0.2) is 42.5 Å². The molecule has 2 aromatic carbocycles. The lowest BCUT2D eigenvalue weighted by atomic mass is 9.70. The van der Waals surface area contributed by atoms with Crippen molar-refractivity contribution in [3.05, 3.63) is 48.0 Å². The minimum atomic E-state index is -4.40. The summed E-state index contributed by atoms with van der Waals surface area (Å²) >= 11 is 0. The fourth-order valence-electron chi connectivity index (χ4n) is 7.19. The molecule has 4 unspecified atom stereocenters. The summed E-state index contributed by atoms with van der Waals surface area (Å²) in [5, 5.41) is 3.30. The predicted molar refractivity (Wildman–Crippen MR) is 137 cm³/mol. The van der Waals surface area contributed by atoms with E-state index in [9.17, 15) is 26.4 Å². The molecule has 6 nitrogen and oxygen atoms in total. The fraction of sp³-hybridized carbons (Fsp3) is 0.536. The van der Waals surface area contributed by atoms with E-state index in [4.69, 9.17) is 4.74 Å². The monoisotopic (exact) mass is 548 g/mol. The quantitative estimate of drug-likeness (QED) is 0.520. The number of ether oxygens (including phenoxy) is 1. The highest BCUT2D eigenvalue weighted by Gasteiger charge is 2.66. The summed E-state index contributed by atoms with van der Waals surface area (Å²) in [6.45, 7) is 4.47. The van der Waals surface area contributed by atoms with E-state index in [1.807, 2.05) is 19.9 Å². The highest BCUT2D eigenvalue weighted by atomic mass is 32.2. The van der Waals surface area contributed by atoms with E-state index >= 15 is 0 Å². The summed E-state index contributed by atoms with van der Waals surface area (Å²) < 4.78 is 74.0. The highest BCUT2D eigenvalue weighted by molar-refractivity contribution is 7.89. The Kier molecular flexibility index (Phi) is 5.71. The van der Waals surface area contributed by atoms with Crippen molar-refractivity contribution >= 4 is 21.5 Å². The first-order valence-corrected chi connectivity index (χ1v) is 14.7. The van der Waals surface area contributed by atoms with Crippen molar-refractivity contribution in [3.8, 4) is 16.9 Å². The molecule has 2 saturated carbocycles. The van der Waals surface area contributed by atoms with Crippen LogP contribution in [0.2, 0.25) is 0 Å². The summed E-state index contributed by atoms with van der Waals surface area (Å²) in [6.07, 6.45) is -1.68. The van der Waals surface area contributed by atoms with E-state index in [0.29, 0.717) is 49.2 Å². The molecule has 4 atom stereocenters. The molecule has 6 rings (SSSR count). The van der Waals surface area contributed by atoms with Crippen LogP contribution in [-0.2, 0) is 21.0 Å². The molecule has 0 aromatic heterocycles. The van der Waals surface area contributed by atoms with Crippen LogP contribution >= 0.6 is 0 Å². The zero-order valence-corrected chi connectivity index (χ0v) is 22.2. The Bertz CT molecular complexity index is 1390. The number of hydrogen-bond donors (Lipinski definition) is 1. The van der Waals surface area contributed by atoms with Gasteiger partial charge in [0.15, 0.2) is 6.23 Å². The van der Waals surface area contributed by atoms with Crippen LogP contribution in [0.25, 0.3) is 11.1 Å². The Hall–Kier alpha value is -2.59. The van der Waals surface area contributed by atoms with Crippen molar-refractivity contribution in [2.24, 2.45) is 16.7 Å². The maximum Gasteiger partial charge on any atom is 0.416 e. The van der Waals surface area contributed by atoms with Gasteiger partial charge in [-0.25, -0.2) is 8.42 Å². The number of sulfonamides is 1. The van der Waals surface area contributed by atoms with Crippen LogP contribution in [0, 0.1) is 16.7 Å². The maximum atomic E-state index is 13.8. The third-order valence-corrected chi connectivity index (χ3v) is 11.6. The van der Waals surface area contributed by atoms with Gasteiger partial charge in [0.25, 0.3) is 0 Å². The van der Waals surface area contributed by atoms with E-state index in [2.05, 4.69) is 5.32 Å². The fourth-order valence-corrected chi connectivity index (χ4v) is 9.69. The first-order chi connectivity index (χ1) is 17.8. The topological polar surface area (TPSA) is 75.7 Å². The number of benzene rings is 2. The number of carbonyl (C=O) groups is 1. The molecule has 38 heavy (non-hydrogen) atoms. The molecule has 1 N–H and O–H groups in total. The molecular weight excluding hydrogens is 517 g/mol. The third-order valence-electron chi connectivity index (χ3n) is 9.60. The molecule has 2 aliphatic carbocycles. The number of nitrogens with one attached hydrogen (secondary N) is 1. The van der Waals surface area contributed by atoms with Crippen molar-refractivity contribution in [3.63, 3.8) is 0 Å². The van der Waals surface area contributed by atoms with Crippen molar-refractivity contribution in [2.75, 3.05) is 17.6 Å². The number of Topliss-reactive ketones (excluding diaryl/α,β-unsaturated/α-hetero) is 1. The van der Waals surface area contributed by atoms with Crippen LogP contribution in [0.3, 0.4) is 0 Å². The summed E-state index contributed by atoms with van der Waals surface area (Å²) in [5.41, 5.74) is 0.158. The number of ketones is 1. The number of fused-ring (bicyclic) bond motifs is 3. The molecule has 4 aliphatic rings. The summed E-state index contributed by atoms with van der Waals surface area (Å²) in [7, 11) is -3.73. The Morgan fingerprint density at radius 2 is 1.79 bits per heavy atom. The largest absolute Gasteiger partial charge is 0.467 e. The zero-order chi connectivity index (χ0) is 27.1. The van der Waals surface area contributed by atoms with Gasteiger partial charge >= 0.3 is 6.18 Å². The molecule has 0 radical (unpaired) electrons. The van der Waals surface area contributed by atoms with Crippen LogP contribution in [0.4, 0.5) is 18.9 Å². The molecule has 204 valence electrons. The highest BCUT2D eigenvalue weighted by Crippen LogP contribution is 2.64. The standard InChI is InChI=1S/C28H31F3N2O4S/c1-26(2)20-11-12-27(26,24(34)15-20)16-38(35,36)33-13-3-4-22(33)25-32-21-14-18(7-10-23(21)37-25)17-5-8-19(9-6-17)28(29,30)31/h5-10,14,20,22,25,32H,3-4,11-13,15-16H2,1-2H3. The molecule has 10 heteroatoms. The van der Waals surface area contributed by atoms with Crippen LogP contribution in [0.1, 0.15) is 51.5 Å². The average Bonchev–Trinajstić information content (AvgIpc) is 3.59. The van der Waals surface area contributed by atoms with E-state index in [0.717, 1.165) is 24.1 Å². The molecule has 2 aromatic rings. The summed E-state index contributed by atoms with van der Waals surface area (Å²) in [6, 6.07) is 9.89. The van der Waals surface area contributed by atoms with E-state index in [1.54, 1.807) is 12.1 Å². The molecular formula is C28H31F3N2O4S. The lowest BCUT2D eigenvalue weighted by Gasteiger charge is -2.38. The van der Waals surface area contributed by atoms with E-state index in [1.165, 1.54) is 16.4 Å². The third kappa shape index (κ3) is 3.86. The second-order valence-corrected chi connectivity index (χ2v) is 13.6. The van der Waals surface area contributed by atoms with Gasteiger partial charge in [-0.3, -0.25) is 4.79 Å². The number of rotatable bonds is 5. The molecule has 3 fully saturated rings. The molecule has 0 amide bonds. The van der Waals surface area contributed by atoms with Gasteiger partial charge in [0.1, 0.15) is 11.5 Å². The van der Waals surface area contributed by atoms with Crippen molar-refractivity contribution < 1.29 is 31.1 Å². The Morgan fingerprint density at radius 1 is 1.08 bits per heavy atom. The molecule has 2 bridgehead atoms. The van der Waals surface area contributed by atoms with Crippen LogP contribution in [-0.4, -0.2) is 43.1 Å². The van der Waals surface area contributed by atoms with Gasteiger partial charge < -0.3 is 10.1 Å². The second-order valence-electron chi connectivity index (χ2n) is 11.7. The lowest BCUT2D eigenvalue weighted by Crippen LogP contribution is -2.51. The first-order valence-electron chi connectivity index (χ1n) is 13.1. The summed E-state index contributed by atoms with van der Waals surface area (Å²) in [4.78, 5) is 13.0. The Balaban J connectivity index is 1.20. The number of carbonyl (C=O) groups excluding carboxylic acids is 1. The Morgan fingerprint density at radius 3 is 2.42 bits per heavy atom. The number of halogens is 3. The average molecular weight is 549 g/mol. The molecule has 1 saturated heterocycles. The van der Waals surface area contributed by atoms with E-state index < -0.39 is 39.4 Å². The van der Waals surface area contributed by atoms with Crippen LogP contribution in [0.5, 0.6) is 5.75 Å². The minimum Gasteiger partial charge on any atom is -0.467 e. The smallest absolute Gasteiger partial charge is 0.416 e. The van der Waals surface area contributed by atoms with Gasteiger partial charge in [0, 0.05) is 18.4 Å². The lowest BCUT2D eigenvalue weighted by molar-refractivity contribution is -0.137. The van der Waals surface area contributed by atoms with Crippen molar-refractivity contribution in [1.29, 1.82) is 0 Å². The zero-order valence-electron chi connectivity index (χ0n) is 21.3. The van der Waals surface area contributed by atoms with Gasteiger partial charge in [-0.05, 0) is 72.4 Å². The minimum absolute atomic E-state index is 0.0801. The predicted octanol–water partition coefficient (Wildman–Crippen LogP) is 5.69. The first kappa shape index (κ1) is 25.7. The van der Waals surface area contributed by atoms with E-state index in [-0.39, 0.29) is 22.9 Å². The van der Waals surface area contributed by atoms with Gasteiger partial charge in [-0.15, -0.1) is 0 Å². The van der Waals surface area contributed by atoms with Crippen LogP contribution < -0.4 is 10.1 Å². The van der Waals surface area contributed by atoms with Crippen molar-refractivity contribution in [1.82, 2.24) is 4.31 Å². The number of alkyl halides is 3. The number of nitrogens with zero attached hydrogens (tertiary/aromatic N) is 1. The van der Waals surface area contributed by atoms with Gasteiger partial charge in [0.2, 0.25) is 10.0 Å². The SMILES string of the molecule is CC1(C)C2CCC1(CS(=O)(=O)N1CCCC1C1Nc3cc(-c4ccc(C(F)(F)F)cc4)ccc3O1)C(=O)C2. The molecule has 2 aliphatic heterocycles. The normalized spacial score (nSPS) is 30.3. The maximum absolute atomic E-state index is 13.8. The van der Waals surface area contributed by atoms with Gasteiger partial charge in [0.05, 0.1) is 23.0 Å². The molecule has 0 spiro atoms. The van der Waals surface area contributed by atoms with Crippen molar-refractivity contribution in [2.45, 2.75) is 64.4 Å². The number of anilines is 1. The summed E-state index contributed by atoms with van der Waals surface area (Å²) in [5.74, 6) is 0.736. The number of hydrogen-bond acceptors (Lipinski definition) is 5.